The van der Waals surface area contributed by atoms with Crippen LogP contribution in [0.4, 0.5) is 11.4 Å². The summed E-state index contributed by atoms with van der Waals surface area (Å²) in [5.41, 5.74) is 7.64. The monoisotopic (exact) mass is 255 g/mol. The number of carbonyl (C=O) groups is 1. The van der Waals surface area contributed by atoms with Crippen LogP contribution < -0.4 is 15.4 Å². The van der Waals surface area contributed by atoms with Crippen molar-refractivity contribution in [1.29, 1.82) is 0 Å². The van der Waals surface area contributed by atoms with Gasteiger partial charge in [0.15, 0.2) is 0 Å². The molecule has 0 atom stereocenters. The minimum absolute atomic E-state index is 0.0942. The van der Waals surface area contributed by atoms with E-state index in [1.807, 2.05) is 0 Å². The van der Waals surface area contributed by atoms with Gasteiger partial charge in [-0.15, -0.1) is 0 Å². The molecule has 2 N–H and O–H groups in total. The molecule has 0 unspecified atom stereocenters. The molecule has 0 aliphatic carbocycles. The van der Waals surface area contributed by atoms with Crippen LogP contribution in [0, 0.1) is 0 Å². The Morgan fingerprint density at radius 1 is 1.37 bits per heavy atom. The third kappa shape index (κ3) is 2.10. The Bertz CT molecular complexity index is 613. The number of carbonyl (C=O) groups excluding carboxylic acids is 1. The molecule has 0 radical (unpaired) electrons. The molecule has 1 aromatic heterocycles. The Morgan fingerprint density at radius 2 is 2.26 bits per heavy atom. The molecule has 0 saturated heterocycles. The van der Waals surface area contributed by atoms with Gasteiger partial charge in [-0.25, -0.2) is 0 Å². The zero-order valence-corrected chi connectivity index (χ0v) is 10.2. The molecule has 96 valence electrons. The molecule has 1 amide bonds. The van der Waals surface area contributed by atoms with Crippen molar-refractivity contribution in [2.24, 2.45) is 0 Å². The zero-order valence-electron chi connectivity index (χ0n) is 10.2. The Labute approximate surface area is 110 Å². The topological polar surface area (TPSA) is 68.5 Å². The molecule has 0 bridgehead atoms. The summed E-state index contributed by atoms with van der Waals surface area (Å²) < 4.78 is 5.53. The third-order valence-electron chi connectivity index (χ3n) is 3.00. The van der Waals surface area contributed by atoms with E-state index in [1.165, 1.54) is 0 Å². The van der Waals surface area contributed by atoms with Crippen LogP contribution in [0.3, 0.4) is 0 Å². The largest absolute Gasteiger partial charge is 0.490 e. The van der Waals surface area contributed by atoms with Crippen molar-refractivity contribution >= 4 is 17.3 Å². The average molecular weight is 255 g/mol. The molecule has 1 aliphatic rings. The predicted molar refractivity (Wildman–Crippen MR) is 72.3 cm³/mol. The summed E-state index contributed by atoms with van der Waals surface area (Å²) in [6.45, 7) is 0.979. The smallest absolute Gasteiger partial charge is 0.260 e. The minimum Gasteiger partial charge on any atom is -0.490 e. The molecule has 5 heteroatoms. The number of hydrogen-bond donors (Lipinski definition) is 1. The minimum atomic E-state index is -0.0942. The summed E-state index contributed by atoms with van der Waals surface area (Å²) in [7, 11) is 0. The van der Waals surface area contributed by atoms with Gasteiger partial charge in [0.2, 0.25) is 0 Å². The van der Waals surface area contributed by atoms with Crippen molar-refractivity contribution in [3.63, 3.8) is 0 Å². The molecule has 0 fully saturated rings. The van der Waals surface area contributed by atoms with Gasteiger partial charge in [0, 0.05) is 18.1 Å². The maximum atomic E-state index is 12.5. The number of nitrogens with two attached hydrogens (primary N) is 1. The van der Waals surface area contributed by atoms with Gasteiger partial charge >= 0.3 is 0 Å². The van der Waals surface area contributed by atoms with Gasteiger partial charge in [0.25, 0.3) is 5.91 Å². The van der Waals surface area contributed by atoms with Crippen LogP contribution in [-0.2, 0) is 0 Å². The van der Waals surface area contributed by atoms with Crippen molar-refractivity contribution in [2.75, 3.05) is 23.8 Å². The fourth-order valence-electron chi connectivity index (χ4n) is 2.09. The van der Waals surface area contributed by atoms with E-state index >= 15 is 0 Å². The molecule has 1 aromatic carbocycles. The fourth-order valence-corrected chi connectivity index (χ4v) is 2.09. The van der Waals surface area contributed by atoms with Gasteiger partial charge in [0.05, 0.1) is 17.8 Å². The number of anilines is 2. The third-order valence-corrected chi connectivity index (χ3v) is 3.00. The number of pyridine rings is 1. The van der Waals surface area contributed by atoms with E-state index in [1.54, 1.807) is 47.6 Å². The molecule has 2 heterocycles. The number of hydrogen-bond acceptors (Lipinski definition) is 4. The second kappa shape index (κ2) is 4.61. The highest BCUT2D eigenvalue weighted by Crippen LogP contribution is 2.34. The summed E-state index contributed by atoms with van der Waals surface area (Å²) in [4.78, 5) is 18.1. The van der Waals surface area contributed by atoms with Gasteiger partial charge in [-0.1, -0.05) is 0 Å². The van der Waals surface area contributed by atoms with Crippen LogP contribution in [0.2, 0.25) is 0 Å². The van der Waals surface area contributed by atoms with Crippen LogP contribution in [0.15, 0.2) is 42.7 Å². The molecular formula is C14H13N3O2. The van der Waals surface area contributed by atoms with Crippen LogP contribution in [0.25, 0.3) is 0 Å². The second-order valence-corrected chi connectivity index (χ2v) is 4.27. The van der Waals surface area contributed by atoms with Crippen LogP contribution in [-0.4, -0.2) is 24.0 Å². The first-order valence-corrected chi connectivity index (χ1v) is 6.00. The Kier molecular flexibility index (Phi) is 2.79. The van der Waals surface area contributed by atoms with Crippen LogP contribution in [0.1, 0.15) is 10.4 Å². The maximum absolute atomic E-state index is 12.5. The first-order valence-electron chi connectivity index (χ1n) is 6.00. The number of aromatic nitrogens is 1. The molecule has 5 nitrogen and oxygen atoms in total. The van der Waals surface area contributed by atoms with E-state index in [2.05, 4.69) is 4.98 Å². The quantitative estimate of drug-likeness (QED) is 0.787. The van der Waals surface area contributed by atoms with E-state index < -0.39 is 0 Å². The highest BCUT2D eigenvalue weighted by Gasteiger charge is 2.24. The van der Waals surface area contributed by atoms with Crippen molar-refractivity contribution in [2.45, 2.75) is 0 Å². The number of benzene rings is 1. The molecule has 0 spiro atoms. The molecule has 19 heavy (non-hydrogen) atoms. The summed E-state index contributed by atoms with van der Waals surface area (Å²) >= 11 is 0. The van der Waals surface area contributed by atoms with Gasteiger partial charge in [-0.3, -0.25) is 9.78 Å². The number of amides is 1. The van der Waals surface area contributed by atoms with Crippen molar-refractivity contribution in [1.82, 2.24) is 4.98 Å². The predicted octanol–water partition coefficient (Wildman–Crippen LogP) is 1.70. The lowest BCUT2D eigenvalue weighted by Gasteiger charge is -2.29. The molecule has 2 aromatic rings. The van der Waals surface area contributed by atoms with Gasteiger partial charge in [-0.05, 0) is 30.3 Å². The van der Waals surface area contributed by atoms with Crippen molar-refractivity contribution in [3.8, 4) is 5.75 Å². The first kappa shape index (κ1) is 11.5. The number of fused-ring (bicyclic) bond motifs is 1. The van der Waals surface area contributed by atoms with Gasteiger partial charge in [-0.2, -0.15) is 0 Å². The zero-order chi connectivity index (χ0) is 13.2. The van der Waals surface area contributed by atoms with E-state index in [4.69, 9.17) is 10.5 Å². The van der Waals surface area contributed by atoms with Crippen molar-refractivity contribution < 1.29 is 9.53 Å². The molecular weight excluding hydrogens is 242 g/mol. The normalized spacial score (nSPS) is 13.6. The molecule has 3 rings (SSSR count). The van der Waals surface area contributed by atoms with E-state index in [0.29, 0.717) is 35.8 Å². The lowest BCUT2D eigenvalue weighted by Crippen LogP contribution is -2.38. The van der Waals surface area contributed by atoms with Gasteiger partial charge < -0.3 is 15.4 Å². The van der Waals surface area contributed by atoms with E-state index in [0.717, 1.165) is 0 Å². The Balaban J connectivity index is 2.00. The second-order valence-electron chi connectivity index (χ2n) is 4.27. The number of nitrogens with zero attached hydrogens (tertiary/aromatic N) is 2. The van der Waals surface area contributed by atoms with Gasteiger partial charge in [0.1, 0.15) is 12.4 Å². The maximum Gasteiger partial charge on any atom is 0.260 e. The highest BCUT2D eigenvalue weighted by atomic mass is 16.5. The molecule has 0 saturated carbocycles. The van der Waals surface area contributed by atoms with Crippen LogP contribution in [0.5, 0.6) is 5.75 Å². The standard InChI is InChI=1S/C14H13N3O2/c15-11-3-4-13-12(8-11)17(6-7-19-13)14(18)10-2-1-5-16-9-10/h1-5,8-9H,6-7,15H2. The summed E-state index contributed by atoms with van der Waals surface area (Å²) in [5.74, 6) is 0.584. The number of nitrogen functional groups attached to an aromatic ring is 1. The van der Waals surface area contributed by atoms with E-state index in [-0.39, 0.29) is 5.91 Å². The highest BCUT2D eigenvalue weighted by molar-refractivity contribution is 6.07. The average Bonchev–Trinajstić information content (AvgIpc) is 2.47. The molecule has 1 aliphatic heterocycles. The SMILES string of the molecule is Nc1ccc2c(c1)N(C(=O)c1cccnc1)CCO2. The Hall–Kier alpha value is -2.56. The summed E-state index contributed by atoms with van der Waals surface area (Å²) in [6.07, 6.45) is 3.20. The Morgan fingerprint density at radius 3 is 3.05 bits per heavy atom. The van der Waals surface area contributed by atoms with E-state index in [9.17, 15) is 4.79 Å². The van der Waals surface area contributed by atoms with Crippen LogP contribution >= 0.6 is 0 Å². The number of rotatable bonds is 1. The lowest BCUT2D eigenvalue weighted by molar-refractivity contribution is 0.0976. The number of ether oxygens (including phenoxy) is 1. The first-order chi connectivity index (χ1) is 9.25. The van der Waals surface area contributed by atoms with Crippen molar-refractivity contribution in [3.05, 3.63) is 48.3 Å². The summed E-state index contributed by atoms with van der Waals surface area (Å²) in [5, 5.41) is 0. The summed E-state index contributed by atoms with van der Waals surface area (Å²) in [6, 6.07) is 8.79. The fraction of sp³-hybridized carbons (Fsp3) is 0.143. The lowest BCUT2D eigenvalue weighted by atomic mass is 10.1.